The number of imidazole rings is 1. The molecule has 1 N–H and O–H groups in total. The van der Waals surface area contributed by atoms with Crippen molar-refractivity contribution in [1.82, 2.24) is 19.4 Å². The van der Waals surface area contributed by atoms with E-state index in [9.17, 15) is 20.0 Å². The van der Waals surface area contributed by atoms with Gasteiger partial charge in [-0.3, -0.25) is 4.57 Å². The largest absolute Gasteiger partial charge is 0.491 e. The highest BCUT2D eigenvalue weighted by atomic mass is 35.5. The molecule has 1 amide bonds. The number of aromatic nitrogens is 3. The fourth-order valence-corrected chi connectivity index (χ4v) is 4.21. The molecule has 3 aromatic rings. The van der Waals surface area contributed by atoms with Crippen LogP contribution in [0, 0.1) is 10.1 Å². The smallest absolute Gasteiger partial charge is 0.410 e. The molecule has 1 aromatic carbocycles. The number of aryl methyl sites for hydroxylation is 1. The van der Waals surface area contributed by atoms with Gasteiger partial charge in [-0.05, 0) is 79.0 Å². The van der Waals surface area contributed by atoms with Crippen molar-refractivity contribution in [2.75, 3.05) is 37.7 Å². The number of anilines is 1. The molecule has 13 heteroatoms. The Kier molecular flexibility index (Phi) is 8.22. The number of carbonyl (C=O) groups is 1. The number of amides is 1. The van der Waals surface area contributed by atoms with Crippen LogP contribution in [0.4, 0.5) is 16.4 Å². The first-order chi connectivity index (χ1) is 18.0. The molecule has 38 heavy (non-hydrogen) atoms. The van der Waals surface area contributed by atoms with Crippen LogP contribution in [0.2, 0.25) is 5.28 Å². The summed E-state index contributed by atoms with van der Waals surface area (Å²) in [4.78, 5) is 34.8. The lowest BCUT2D eigenvalue weighted by atomic mass is 10.2. The molecule has 1 atom stereocenters. The number of hydrogen-bond donors (Lipinski definition) is 1. The Morgan fingerprint density at radius 1 is 1.18 bits per heavy atom. The van der Waals surface area contributed by atoms with Gasteiger partial charge in [-0.1, -0.05) is 0 Å². The third-order valence-corrected chi connectivity index (χ3v) is 6.25. The number of nitro groups is 1. The van der Waals surface area contributed by atoms with E-state index in [0.717, 1.165) is 16.7 Å². The minimum absolute atomic E-state index is 0.00358. The Balaban J connectivity index is 1.28. The van der Waals surface area contributed by atoms with E-state index in [1.54, 1.807) is 11.0 Å². The van der Waals surface area contributed by atoms with Crippen LogP contribution in [0.25, 0.3) is 10.9 Å². The average Bonchev–Trinajstić information content (AvgIpc) is 3.25. The number of pyridine rings is 1. The van der Waals surface area contributed by atoms with Crippen LogP contribution < -0.4 is 9.64 Å². The number of rotatable bonds is 8. The molecule has 1 aliphatic rings. The van der Waals surface area contributed by atoms with Crippen molar-refractivity contribution < 1.29 is 24.3 Å². The summed E-state index contributed by atoms with van der Waals surface area (Å²) in [6, 6.07) is 9.42. The zero-order valence-electron chi connectivity index (χ0n) is 21.5. The predicted molar refractivity (Wildman–Crippen MR) is 142 cm³/mol. The molecule has 204 valence electrons. The first kappa shape index (κ1) is 27.4. The summed E-state index contributed by atoms with van der Waals surface area (Å²) in [5.41, 5.74) is 0.288. The van der Waals surface area contributed by atoms with E-state index >= 15 is 0 Å². The summed E-state index contributed by atoms with van der Waals surface area (Å²) >= 11 is 5.91. The Morgan fingerprint density at radius 3 is 2.58 bits per heavy atom. The molecule has 3 heterocycles. The maximum absolute atomic E-state index is 12.3. The number of carbonyl (C=O) groups excluding carboxylic acids is 1. The number of fused-ring (bicyclic) bond motifs is 1. The normalized spacial score (nSPS) is 15.0. The molecular weight excluding hydrogens is 516 g/mol. The van der Waals surface area contributed by atoms with E-state index in [1.165, 1.54) is 10.8 Å². The second-order valence-corrected chi connectivity index (χ2v) is 10.4. The van der Waals surface area contributed by atoms with Crippen LogP contribution in [-0.2, 0) is 11.3 Å². The summed E-state index contributed by atoms with van der Waals surface area (Å²) in [6.45, 7) is 8.33. The minimum atomic E-state index is -0.803. The summed E-state index contributed by atoms with van der Waals surface area (Å²) in [5.74, 6) is 1.09. The quantitative estimate of drug-likeness (QED) is 0.329. The van der Waals surface area contributed by atoms with Crippen molar-refractivity contribution >= 4 is 40.2 Å². The number of nitrogens with zero attached hydrogens (tertiary/aromatic N) is 6. The highest BCUT2D eigenvalue weighted by Gasteiger charge is 2.26. The zero-order chi connectivity index (χ0) is 27.4. The van der Waals surface area contributed by atoms with E-state index in [4.69, 9.17) is 26.1 Å². The monoisotopic (exact) mass is 546 g/mol. The third kappa shape index (κ3) is 7.01. The van der Waals surface area contributed by atoms with E-state index < -0.39 is 16.6 Å². The predicted octanol–water partition coefficient (Wildman–Crippen LogP) is 3.88. The van der Waals surface area contributed by atoms with Gasteiger partial charge in [0.15, 0.2) is 0 Å². The number of aliphatic hydroxyl groups excluding tert-OH is 1. The highest BCUT2D eigenvalue weighted by molar-refractivity contribution is 6.28. The Morgan fingerprint density at radius 2 is 1.92 bits per heavy atom. The van der Waals surface area contributed by atoms with Crippen LogP contribution in [0.3, 0.4) is 0 Å². The fraction of sp³-hybridized carbons (Fsp3) is 0.480. The second-order valence-electron chi connectivity index (χ2n) is 10.1. The molecule has 0 saturated carbocycles. The molecule has 0 spiro atoms. The first-order valence-corrected chi connectivity index (χ1v) is 12.7. The van der Waals surface area contributed by atoms with Crippen molar-refractivity contribution in [2.45, 2.75) is 45.4 Å². The molecule has 0 aliphatic carbocycles. The van der Waals surface area contributed by atoms with Gasteiger partial charge >= 0.3 is 17.2 Å². The molecule has 0 radical (unpaired) electrons. The van der Waals surface area contributed by atoms with E-state index in [2.05, 4.69) is 9.88 Å². The summed E-state index contributed by atoms with van der Waals surface area (Å²) in [5, 5.41) is 22.0. The number of benzene rings is 1. The molecule has 4 rings (SSSR count). The number of piperazine rings is 1. The van der Waals surface area contributed by atoms with Crippen LogP contribution in [0.1, 0.15) is 27.2 Å². The zero-order valence-corrected chi connectivity index (χ0v) is 22.3. The van der Waals surface area contributed by atoms with E-state index in [1.807, 2.05) is 45.0 Å². The van der Waals surface area contributed by atoms with Crippen molar-refractivity contribution in [3.8, 4) is 5.75 Å². The lowest BCUT2D eigenvalue weighted by Crippen LogP contribution is -2.50. The van der Waals surface area contributed by atoms with Gasteiger partial charge in [0.25, 0.3) is 0 Å². The van der Waals surface area contributed by atoms with Crippen LogP contribution in [0.5, 0.6) is 5.75 Å². The van der Waals surface area contributed by atoms with Crippen molar-refractivity contribution in [3.05, 3.63) is 51.9 Å². The molecule has 1 fully saturated rings. The topological polar surface area (TPSA) is 136 Å². The van der Waals surface area contributed by atoms with Gasteiger partial charge in [0.1, 0.15) is 30.0 Å². The number of hydrogen-bond acceptors (Lipinski definition) is 9. The molecule has 2 aromatic heterocycles. The van der Waals surface area contributed by atoms with Gasteiger partial charge < -0.3 is 34.5 Å². The van der Waals surface area contributed by atoms with Crippen molar-refractivity contribution in [1.29, 1.82) is 0 Å². The van der Waals surface area contributed by atoms with Crippen molar-refractivity contribution in [2.24, 2.45) is 0 Å². The number of aliphatic hydroxyl groups is 1. The molecule has 0 unspecified atom stereocenters. The van der Waals surface area contributed by atoms with E-state index in [-0.39, 0.29) is 36.8 Å². The third-order valence-electron chi connectivity index (χ3n) is 5.95. The van der Waals surface area contributed by atoms with Gasteiger partial charge in [0, 0.05) is 38.1 Å². The molecule has 1 aliphatic heterocycles. The number of halogens is 1. The van der Waals surface area contributed by atoms with Gasteiger partial charge in [-0.15, -0.1) is 0 Å². The maximum atomic E-state index is 12.3. The lowest BCUT2D eigenvalue weighted by molar-refractivity contribution is -0.389. The summed E-state index contributed by atoms with van der Waals surface area (Å²) < 4.78 is 12.6. The lowest BCUT2D eigenvalue weighted by Gasteiger charge is -2.36. The summed E-state index contributed by atoms with van der Waals surface area (Å²) in [6.07, 6.45) is 0.424. The SMILES string of the molecule is CC(C)(C)OC(=O)N1CCN(c2ccc3cc(OC[C@H](O)CCn4cc([N+](=O)[O-])nc4Cl)ccc3n2)CC1. The van der Waals surface area contributed by atoms with Crippen LogP contribution in [-0.4, -0.2) is 80.0 Å². The van der Waals surface area contributed by atoms with Gasteiger partial charge in [-0.2, -0.15) is 0 Å². The Bertz CT molecular complexity index is 1300. The molecular formula is C25H31ClN6O6. The van der Waals surface area contributed by atoms with Gasteiger partial charge in [-0.25, -0.2) is 9.78 Å². The van der Waals surface area contributed by atoms with Crippen LogP contribution >= 0.6 is 11.6 Å². The fourth-order valence-electron chi connectivity index (χ4n) is 3.99. The molecule has 1 saturated heterocycles. The average molecular weight is 547 g/mol. The van der Waals surface area contributed by atoms with Crippen molar-refractivity contribution in [3.63, 3.8) is 0 Å². The Labute approximate surface area is 224 Å². The number of ether oxygens (including phenoxy) is 2. The Hall–Kier alpha value is -3.64. The summed E-state index contributed by atoms with van der Waals surface area (Å²) in [7, 11) is 0. The van der Waals surface area contributed by atoms with Crippen LogP contribution in [0.15, 0.2) is 36.5 Å². The standard InChI is InChI=1S/C25H31ClN6O6/c1-25(2,3)38-24(34)30-12-10-29(11-13-30)21-7-4-17-14-19(5-6-20(17)27-21)37-16-18(33)8-9-31-15-22(32(35)36)28-23(31)26/h4-7,14-15,18,33H,8-13,16H2,1-3H3/t18-/m1/s1. The maximum Gasteiger partial charge on any atom is 0.410 e. The highest BCUT2D eigenvalue weighted by Crippen LogP contribution is 2.24. The van der Waals surface area contributed by atoms with Gasteiger partial charge in [0.05, 0.1) is 11.6 Å². The second kappa shape index (κ2) is 11.4. The molecule has 12 nitrogen and oxygen atoms in total. The first-order valence-electron chi connectivity index (χ1n) is 12.3. The van der Waals surface area contributed by atoms with E-state index in [0.29, 0.717) is 31.9 Å². The minimum Gasteiger partial charge on any atom is -0.491 e. The molecule has 0 bridgehead atoms. The van der Waals surface area contributed by atoms with Gasteiger partial charge in [0.2, 0.25) is 0 Å².